The van der Waals surface area contributed by atoms with Crippen LogP contribution in [0.3, 0.4) is 0 Å². The molecule has 0 spiro atoms. The summed E-state index contributed by atoms with van der Waals surface area (Å²) in [5, 5.41) is 3.20. The number of amides is 2. The lowest BCUT2D eigenvalue weighted by molar-refractivity contribution is -0.139. The van der Waals surface area contributed by atoms with E-state index in [1.54, 1.807) is 23.8 Å². The summed E-state index contributed by atoms with van der Waals surface area (Å²) in [5.41, 5.74) is 3.41. The largest absolute Gasteiger partial charge is 0.497 e. The Labute approximate surface area is 202 Å². The van der Waals surface area contributed by atoms with Gasteiger partial charge in [0.2, 0.25) is 11.8 Å². The van der Waals surface area contributed by atoms with E-state index in [2.05, 4.69) is 36.5 Å². The topological polar surface area (TPSA) is 58.6 Å². The normalized spacial score (nSPS) is 14.6. The van der Waals surface area contributed by atoms with Crippen molar-refractivity contribution in [3.05, 3.63) is 65.2 Å². The highest BCUT2D eigenvalue weighted by atomic mass is 32.2. The molecule has 0 unspecified atom stereocenters. The Kier molecular flexibility index (Phi) is 9.67. The van der Waals surface area contributed by atoms with E-state index in [0.29, 0.717) is 18.7 Å². The van der Waals surface area contributed by atoms with Crippen LogP contribution in [0.25, 0.3) is 0 Å². The molecule has 33 heavy (non-hydrogen) atoms. The molecule has 2 aromatic carbocycles. The number of carbonyl (C=O) groups is 2. The third-order valence-corrected chi connectivity index (χ3v) is 7.20. The summed E-state index contributed by atoms with van der Waals surface area (Å²) in [4.78, 5) is 28.3. The quantitative estimate of drug-likeness (QED) is 0.498. The molecule has 1 aliphatic carbocycles. The molecule has 6 heteroatoms. The summed E-state index contributed by atoms with van der Waals surface area (Å²) in [6.07, 6.45) is 4.96. The Bertz CT molecular complexity index is 893. The lowest BCUT2D eigenvalue weighted by Crippen LogP contribution is -2.51. The maximum atomic E-state index is 13.4. The lowest BCUT2D eigenvalue weighted by atomic mass is 10.1. The van der Waals surface area contributed by atoms with Crippen LogP contribution in [-0.4, -0.2) is 41.7 Å². The van der Waals surface area contributed by atoms with Gasteiger partial charge < -0.3 is 15.0 Å². The van der Waals surface area contributed by atoms with Crippen LogP contribution in [0.1, 0.15) is 55.7 Å². The number of benzene rings is 2. The summed E-state index contributed by atoms with van der Waals surface area (Å²) in [6.45, 7) is 4.45. The van der Waals surface area contributed by atoms with Gasteiger partial charge in [-0.1, -0.05) is 61.7 Å². The molecule has 0 aromatic heterocycles. The van der Waals surface area contributed by atoms with Gasteiger partial charge in [0.05, 0.1) is 12.9 Å². The first-order chi connectivity index (χ1) is 16.0. The number of hydrogen-bond donors (Lipinski definition) is 1. The van der Waals surface area contributed by atoms with Crippen molar-refractivity contribution in [2.45, 2.75) is 70.3 Å². The van der Waals surface area contributed by atoms with Crippen LogP contribution in [0.4, 0.5) is 0 Å². The number of nitrogens with zero attached hydrogens (tertiary/aromatic N) is 1. The van der Waals surface area contributed by atoms with Crippen LogP contribution in [-0.2, 0) is 21.9 Å². The molecule has 5 nitrogen and oxygen atoms in total. The lowest BCUT2D eigenvalue weighted by Gasteiger charge is -2.31. The summed E-state index contributed by atoms with van der Waals surface area (Å²) >= 11 is 1.59. The molecule has 1 saturated carbocycles. The number of nitrogens with one attached hydrogen (secondary N) is 1. The van der Waals surface area contributed by atoms with Crippen molar-refractivity contribution in [1.29, 1.82) is 0 Å². The first kappa shape index (κ1) is 25.2. The van der Waals surface area contributed by atoms with Crippen molar-refractivity contribution in [3.63, 3.8) is 0 Å². The fourth-order valence-electron chi connectivity index (χ4n) is 4.24. The average Bonchev–Trinajstić information content (AvgIpc) is 3.33. The molecular weight excluding hydrogens is 432 g/mol. The van der Waals surface area contributed by atoms with Gasteiger partial charge in [0, 0.05) is 18.3 Å². The zero-order chi connectivity index (χ0) is 23.6. The first-order valence-electron chi connectivity index (χ1n) is 11.9. The molecular formula is C27H36N2O3S. The van der Waals surface area contributed by atoms with Crippen molar-refractivity contribution < 1.29 is 14.3 Å². The van der Waals surface area contributed by atoms with Crippen molar-refractivity contribution in [2.75, 3.05) is 12.9 Å². The maximum absolute atomic E-state index is 13.4. The van der Waals surface area contributed by atoms with E-state index >= 15 is 0 Å². The second-order valence-corrected chi connectivity index (χ2v) is 9.75. The van der Waals surface area contributed by atoms with Gasteiger partial charge in [-0.25, -0.2) is 0 Å². The molecule has 1 N–H and O–H groups in total. The number of thioether (sulfide) groups is 1. The van der Waals surface area contributed by atoms with Gasteiger partial charge in [-0.3, -0.25) is 9.59 Å². The third kappa shape index (κ3) is 7.53. The Hall–Kier alpha value is -2.47. The number of hydrogen-bond acceptors (Lipinski definition) is 4. The summed E-state index contributed by atoms with van der Waals surface area (Å²) in [5.74, 6) is 1.85. The highest BCUT2D eigenvalue weighted by Crippen LogP contribution is 2.21. The predicted octanol–water partition coefficient (Wildman–Crippen LogP) is 5.10. The van der Waals surface area contributed by atoms with Crippen LogP contribution < -0.4 is 10.1 Å². The van der Waals surface area contributed by atoms with E-state index in [-0.39, 0.29) is 17.9 Å². The minimum absolute atomic E-state index is 0.00338. The minimum Gasteiger partial charge on any atom is -0.497 e. The standard InChI is InChI=1S/C27H36N2O3S/c1-4-25(27(31)28-23-7-5-6-8-23)29(17-21-13-15-24(32-3)16-14-21)26(30)19-33-18-22-11-9-20(2)10-12-22/h9-16,23,25H,4-8,17-19H2,1-3H3,(H,28,31)/t25-/m1/s1. The highest BCUT2D eigenvalue weighted by molar-refractivity contribution is 7.99. The van der Waals surface area contributed by atoms with E-state index in [0.717, 1.165) is 42.7 Å². The molecule has 3 rings (SSSR count). The number of methoxy groups -OCH3 is 1. The van der Waals surface area contributed by atoms with Crippen molar-refractivity contribution in [3.8, 4) is 5.75 Å². The SMILES string of the molecule is CC[C@H](C(=O)NC1CCCC1)N(Cc1ccc(OC)cc1)C(=O)CSCc1ccc(C)cc1. The van der Waals surface area contributed by atoms with Gasteiger partial charge in [0.25, 0.3) is 0 Å². The molecule has 2 amide bonds. The molecule has 1 atom stereocenters. The molecule has 0 bridgehead atoms. The number of rotatable bonds is 11. The van der Waals surface area contributed by atoms with Gasteiger partial charge in [-0.05, 0) is 49.4 Å². The third-order valence-electron chi connectivity index (χ3n) is 6.21. The summed E-state index contributed by atoms with van der Waals surface area (Å²) in [7, 11) is 1.64. The van der Waals surface area contributed by atoms with Crippen molar-refractivity contribution >= 4 is 23.6 Å². The summed E-state index contributed by atoms with van der Waals surface area (Å²) in [6, 6.07) is 15.9. The molecule has 0 saturated heterocycles. The van der Waals surface area contributed by atoms with Crippen molar-refractivity contribution in [1.82, 2.24) is 10.2 Å². The van der Waals surface area contributed by atoms with Crippen molar-refractivity contribution in [2.24, 2.45) is 0 Å². The van der Waals surface area contributed by atoms with Crippen LogP contribution in [0, 0.1) is 6.92 Å². The molecule has 2 aromatic rings. The van der Waals surface area contributed by atoms with E-state index in [1.165, 1.54) is 11.1 Å². The second kappa shape index (κ2) is 12.7. The van der Waals surface area contributed by atoms with Crippen LogP contribution in [0.2, 0.25) is 0 Å². The van der Waals surface area contributed by atoms with Gasteiger partial charge in [0.15, 0.2) is 0 Å². The van der Waals surface area contributed by atoms with Crippen LogP contribution in [0.5, 0.6) is 5.75 Å². The number of ether oxygens (including phenoxy) is 1. The fourth-order valence-corrected chi connectivity index (χ4v) is 5.11. The number of carbonyl (C=O) groups excluding carboxylic acids is 2. The van der Waals surface area contributed by atoms with E-state index in [4.69, 9.17) is 4.74 Å². The summed E-state index contributed by atoms with van der Waals surface area (Å²) < 4.78 is 5.26. The zero-order valence-corrected chi connectivity index (χ0v) is 20.8. The fraction of sp³-hybridized carbons (Fsp3) is 0.481. The molecule has 0 heterocycles. The molecule has 1 aliphatic rings. The van der Waals surface area contributed by atoms with E-state index < -0.39 is 6.04 Å². The second-order valence-electron chi connectivity index (χ2n) is 8.76. The first-order valence-corrected chi connectivity index (χ1v) is 13.0. The Balaban J connectivity index is 1.69. The average molecular weight is 469 g/mol. The van der Waals surface area contributed by atoms with Gasteiger partial charge in [0.1, 0.15) is 11.8 Å². The zero-order valence-electron chi connectivity index (χ0n) is 20.0. The van der Waals surface area contributed by atoms with Gasteiger partial charge in [-0.15, -0.1) is 11.8 Å². The molecule has 0 radical (unpaired) electrons. The molecule has 1 fully saturated rings. The molecule has 0 aliphatic heterocycles. The Morgan fingerprint density at radius 2 is 1.70 bits per heavy atom. The highest BCUT2D eigenvalue weighted by Gasteiger charge is 2.30. The van der Waals surface area contributed by atoms with Crippen LogP contribution in [0.15, 0.2) is 48.5 Å². The Morgan fingerprint density at radius 3 is 2.30 bits per heavy atom. The maximum Gasteiger partial charge on any atom is 0.243 e. The van der Waals surface area contributed by atoms with Crippen LogP contribution >= 0.6 is 11.8 Å². The predicted molar refractivity (Wildman–Crippen MR) is 135 cm³/mol. The monoisotopic (exact) mass is 468 g/mol. The minimum atomic E-state index is -0.472. The number of aryl methyl sites for hydroxylation is 1. The Morgan fingerprint density at radius 1 is 1.06 bits per heavy atom. The molecule has 178 valence electrons. The smallest absolute Gasteiger partial charge is 0.243 e. The van der Waals surface area contributed by atoms with E-state index in [1.807, 2.05) is 31.2 Å². The van der Waals surface area contributed by atoms with Gasteiger partial charge in [-0.2, -0.15) is 0 Å². The van der Waals surface area contributed by atoms with Gasteiger partial charge >= 0.3 is 0 Å². The van der Waals surface area contributed by atoms with E-state index in [9.17, 15) is 9.59 Å².